The minimum absolute atomic E-state index is 0.000554. The Labute approximate surface area is 204 Å². The van der Waals surface area contributed by atoms with Crippen LogP contribution < -0.4 is 14.2 Å². The zero-order valence-electron chi connectivity index (χ0n) is 20.2. The molecule has 1 aromatic heterocycles. The van der Waals surface area contributed by atoms with Crippen LogP contribution in [0.1, 0.15) is 11.4 Å². The largest absolute Gasteiger partial charge is 0.493 e. The number of aliphatic hydroxyl groups is 1. The molecule has 188 valence electrons. The van der Waals surface area contributed by atoms with Crippen LogP contribution >= 0.6 is 0 Å². The van der Waals surface area contributed by atoms with Crippen molar-refractivity contribution < 1.29 is 28.4 Å². The number of imidazole rings is 1. The quantitative estimate of drug-likeness (QED) is 0.473. The van der Waals surface area contributed by atoms with Crippen molar-refractivity contribution >= 4 is 0 Å². The number of ether oxygens (including phenoxy) is 4. The summed E-state index contributed by atoms with van der Waals surface area (Å²) in [7, 11) is 1.62. The molecule has 2 aromatic carbocycles. The monoisotopic (exact) mass is 485 g/mol. The summed E-state index contributed by atoms with van der Waals surface area (Å²) in [6, 6.07) is 11.7. The van der Waals surface area contributed by atoms with Gasteiger partial charge in [0.15, 0.2) is 11.5 Å². The Hall–Kier alpha value is -3.14. The fourth-order valence-corrected chi connectivity index (χ4v) is 4.08. The van der Waals surface area contributed by atoms with Gasteiger partial charge in [-0.25, -0.2) is 9.37 Å². The zero-order valence-corrected chi connectivity index (χ0v) is 20.2. The molecule has 0 aliphatic carbocycles. The van der Waals surface area contributed by atoms with Crippen molar-refractivity contribution in [3.05, 3.63) is 72.1 Å². The van der Waals surface area contributed by atoms with E-state index in [9.17, 15) is 9.50 Å². The first-order valence-corrected chi connectivity index (χ1v) is 11.6. The number of methoxy groups -OCH3 is 1. The topological polar surface area (TPSA) is 78.2 Å². The lowest BCUT2D eigenvalue weighted by atomic mass is 10.1. The van der Waals surface area contributed by atoms with Crippen LogP contribution in [0.2, 0.25) is 0 Å². The van der Waals surface area contributed by atoms with Crippen molar-refractivity contribution in [1.82, 2.24) is 14.5 Å². The smallest absolute Gasteiger partial charge is 0.161 e. The summed E-state index contributed by atoms with van der Waals surface area (Å²) >= 11 is 0. The van der Waals surface area contributed by atoms with Crippen LogP contribution in [0.25, 0.3) is 0 Å². The summed E-state index contributed by atoms with van der Waals surface area (Å²) < 4.78 is 38.3. The molecule has 4 rings (SSSR count). The lowest BCUT2D eigenvalue weighted by Gasteiger charge is -2.30. The number of aryl methyl sites for hydroxylation is 1. The molecule has 9 heteroatoms. The summed E-state index contributed by atoms with van der Waals surface area (Å²) in [6.45, 7) is 5.39. The highest BCUT2D eigenvalue weighted by atomic mass is 19.1. The number of halogens is 1. The third-order valence-corrected chi connectivity index (χ3v) is 5.89. The van der Waals surface area contributed by atoms with Gasteiger partial charge in [-0.15, -0.1) is 0 Å². The molecule has 8 nitrogen and oxygen atoms in total. The van der Waals surface area contributed by atoms with Gasteiger partial charge in [-0.3, -0.25) is 4.90 Å². The predicted octanol–water partition coefficient (Wildman–Crippen LogP) is 3.06. The molecule has 2 heterocycles. The Balaban J connectivity index is 1.35. The maximum atomic E-state index is 13.4. The Morgan fingerprint density at radius 3 is 2.83 bits per heavy atom. The Kier molecular flexibility index (Phi) is 8.22. The van der Waals surface area contributed by atoms with E-state index in [-0.39, 0.29) is 19.0 Å². The summed E-state index contributed by atoms with van der Waals surface area (Å²) in [5, 5.41) is 11.1. The molecule has 1 fully saturated rings. The first kappa shape index (κ1) is 25.0. The van der Waals surface area contributed by atoms with Gasteiger partial charge in [0.2, 0.25) is 0 Å². The van der Waals surface area contributed by atoms with Crippen LogP contribution in [-0.2, 0) is 17.8 Å². The predicted molar refractivity (Wildman–Crippen MR) is 128 cm³/mol. The molecule has 3 aromatic rings. The maximum absolute atomic E-state index is 13.4. The normalized spacial score (nSPS) is 18.7. The fraction of sp³-hybridized carbons (Fsp3) is 0.423. The molecular weight excluding hydrogens is 453 g/mol. The van der Waals surface area contributed by atoms with Crippen LogP contribution in [0, 0.1) is 12.7 Å². The van der Waals surface area contributed by atoms with E-state index in [2.05, 4.69) is 9.88 Å². The first-order chi connectivity index (χ1) is 16.9. The Bertz CT molecular complexity index is 1110. The van der Waals surface area contributed by atoms with Crippen molar-refractivity contribution in [3.63, 3.8) is 0 Å². The van der Waals surface area contributed by atoms with Crippen LogP contribution in [0.15, 0.2) is 54.9 Å². The molecular formula is C26H32FN3O5. The second kappa shape index (κ2) is 11.5. The van der Waals surface area contributed by atoms with E-state index in [1.165, 1.54) is 12.1 Å². The van der Waals surface area contributed by atoms with Crippen LogP contribution in [-0.4, -0.2) is 71.8 Å². The Morgan fingerprint density at radius 1 is 1.17 bits per heavy atom. The van der Waals surface area contributed by atoms with E-state index in [1.54, 1.807) is 25.4 Å². The number of benzene rings is 2. The number of β-amino-alcohol motifs (C(OH)–C–C–N with tert-alkyl or cyclic N) is 1. The second-order valence-corrected chi connectivity index (χ2v) is 8.74. The molecule has 0 amide bonds. The van der Waals surface area contributed by atoms with Gasteiger partial charge in [0.1, 0.15) is 36.2 Å². The first-order valence-electron chi connectivity index (χ1n) is 11.6. The molecule has 1 saturated heterocycles. The molecule has 1 N–H and O–H groups in total. The van der Waals surface area contributed by atoms with E-state index in [4.69, 9.17) is 18.9 Å². The lowest BCUT2D eigenvalue weighted by Crippen LogP contribution is -2.48. The minimum Gasteiger partial charge on any atom is -0.493 e. The van der Waals surface area contributed by atoms with E-state index >= 15 is 0 Å². The highest BCUT2D eigenvalue weighted by molar-refractivity contribution is 5.43. The van der Waals surface area contributed by atoms with Gasteiger partial charge < -0.3 is 28.6 Å². The molecule has 35 heavy (non-hydrogen) atoms. The van der Waals surface area contributed by atoms with Gasteiger partial charge in [-0.05, 0) is 36.8 Å². The molecule has 0 spiro atoms. The van der Waals surface area contributed by atoms with Gasteiger partial charge in [-0.2, -0.15) is 0 Å². The molecule has 1 atom stereocenters. The third kappa shape index (κ3) is 6.94. The number of aromatic nitrogens is 2. The number of nitrogens with zero attached hydrogens (tertiary/aromatic N) is 3. The molecule has 0 radical (unpaired) electrons. The number of hydrogen-bond acceptors (Lipinski definition) is 7. The van der Waals surface area contributed by atoms with E-state index in [1.807, 2.05) is 35.9 Å². The molecule has 1 aliphatic heterocycles. The van der Waals surface area contributed by atoms with Gasteiger partial charge >= 0.3 is 0 Å². The van der Waals surface area contributed by atoms with E-state index < -0.39 is 5.60 Å². The molecule has 0 bridgehead atoms. The number of rotatable bonds is 10. The van der Waals surface area contributed by atoms with Crippen molar-refractivity contribution in [2.45, 2.75) is 25.6 Å². The second-order valence-electron chi connectivity index (χ2n) is 8.74. The van der Waals surface area contributed by atoms with Crippen molar-refractivity contribution in [3.8, 4) is 17.2 Å². The third-order valence-electron chi connectivity index (χ3n) is 5.89. The maximum Gasteiger partial charge on any atom is 0.161 e. The summed E-state index contributed by atoms with van der Waals surface area (Å²) in [4.78, 5) is 6.33. The standard InChI is InChI=1S/C26H32FN3O5/c1-20-28-8-9-30(20)11-13-34-24-7-6-21(14-25(24)32-2)16-29-10-12-33-18-26(31,17-29)19-35-23-5-3-4-22(27)15-23/h3-9,14-15,31H,10-13,16-19H2,1-2H3/t26-/m0/s1. The molecule has 0 saturated carbocycles. The van der Waals surface area contributed by atoms with Crippen molar-refractivity contribution in [2.24, 2.45) is 0 Å². The summed E-state index contributed by atoms with van der Waals surface area (Å²) in [6.07, 6.45) is 3.70. The van der Waals surface area contributed by atoms with Gasteiger partial charge in [0.25, 0.3) is 0 Å². The molecule has 0 unspecified atom stereocenters. The summed E-state index contributed by atoms with van der Waals surface area (Å²) in [5.74, 6) is 2.26. The van der Waals surface area contributed by atoms with Crippen LogP contribution in [0.5, 0.6) is 17.2 Å². The lowest BCUT2D eigenvalue weighted by molar-refractivity contribution is -0.0647. The zero-order chi connectivity index (χ0) is 24.7. The highest BCUT2D eigenvalue weighted by Gasteiger charge is 2.33. The highest BCUT2D eigenvalue weighted by Crippen LogP contribution is 2.29. The fourth-order valence-electron chi connectivity index (χ4n) is 4.08. The van der Waals surface area contributed by atoms with Crippen molar-refractivity contribution in [1.29, 1.82) is 0 Å². The van der Waals surface area contributed by atoms with Gasteiger partial charge in [0.05, 0.1) is 26.9 Å². The molecule has 1 aliphatic rings. The van der Waals surface area contributed by atoms with Crippen LogP contribution in [0.4, 0.5) is 4.39 Å². The average Bonchev–Trinajstić information content (AvgIpc) is 3.16. The van der Waals surface area contributed by atoms with E-state index in [0.29, 0.717) is 56.6 Å². The van der Waals surface area contributed by atoms with E-state index in [0.717, 1.165) is 11.4 Å². The summed E-state index contributed by atoms with van der Waals surface area (Å²) in [5.41, 5.74) is -0.198. The van der Waals surface area contributed by atoms with Crippen LogP contribution in [0.3, 0.4) is 0 Å². The van der Waals surface area contributed by atoms with Crippen molar-refractivity contribution in [2.75, 3.05) is 46.6 Å². The SMILES string of the molecule is COc1cc(CN2CCOC[C@](O)(COc3cccc(F)c3)C2)ccc1OCCn1ccnc1C. The number of hydrogen-bond donors (Lipinski definition) is 1. The van der Waals surface area contributed by atoms with Gasteiger partial charge in [0, 0.05) is 38.1 Å². The van der Waals surface area contributed by atoms with Gasteiger partial charge in [-0.1, -0.05) is 12.1 Å². The average molecular weight is 486 g/mol. The minimum atomic E-state index is -1.22. The Morgan fingerprint density at radius 2 is 2.06 bits per heavy atom.